The van der Waals surface area contributed by atoms with Crippen LogP contribution in [-0.2, 0) is 7.05 Å². The van der Waals surface area contributed by atoms with Crippen LogP contribution in [0, 0.1) is 6.92 Å². The Morgan fingerprint density at radius 3 is 2.56 bits per heavy atom. The Morgan fingerprint density at radius 2 is 1.81 bits per heavy atom. The predicted molar refractivity (Wildman–Crippen MR) is 125 cm³/mol. The minimum Gasteiger partial charge on any atom is -0.354 e. The molecule has 4 heterocycles. The number of pyridine rings is 1. The summed E-state index contributed by atoms with van der Waals surface area (Å²) in [5.74, 6) is 1.86. The molecule has 0 radical (unpaired) electrons. The maximum Gasteiger partial charge on any atom is 0.258 e. The minimum absolute atomic E-state index is 0.228. The summed E-state index contributed by atoms with van der Waals surface area (Å²) in [5, 5.41) is 7.34. The van der Waals surface area contributed by atoms with Crippen molar-refractivity contribution < 1.29 is 4.79 Å². The number of H-pyrrole nitrogens is 1. The lowest BCUT2D eigenvalue weighted by Gasteiger charge is -2.33. The van der Waals surface area contributed by atoms with Crippen molar-refractivity contribution in [1.82, 2.24) is 29.6 Å². The molecule has 2 N–H and O–H groups in total. The monoisotopic (exact) mass is 430 g/mol. The van der Waals surface area contributed by atoms with Gasteiger partial charge < -0.3 is 20.1 Å². The maximum absolute atomic E-state index is 12.9. The Kier molecular flexibility index (Phi) is 5.10. The van der Waals surface area contributed by atoms with Gasteiger partial charge in [0.15, 0.2) is 11.6 Å². The standard InChI is InChI=1S/C23H26N8O/c1-15-16(8-9-21(24-15)31-12-10-29(2)11-13-31)23(32)27-20-14-19(30(3)28-20)22-25-17-6-4-5-7-18(17)26-22/h4-9,14H,10-13H2,1-3H3,(H,25,26)(H,27,28,32). The van der Waals surface area contributed by atoms with E-state index in [0.717, 1.165) is 48.7 Å². The van der Waals surface area contributed by atoms with Crippen LogP contribution in [0.15, 0.2) is 42.5 Å². The van der Waals surface area contributed by atoms with E-state index in [0.29, 0.717) is 22.9 Å². The average Bonchev–Trinajstić information content (AvgIpc) is 3.37. The summed E-state index contributed by atoms with van der Waals surface area (Å²) in [6.07, 6.45) is 0. The Hall–Kier alpha value is -3.72. The molecule has 0 aliphatic carbocycles. The summed E-state index contributed by atoms with van der Waals surface area (Å²) in [4.78, 5) is 30.1. The van der Waals surface area contributed by atoms with Crippen molar-refractivity contribution in [3.63, 3.8) is 0 Å². The molecule has 164 valence electrons. The molecule has 32 heavy (non-hydrogen) atoms. The fourth-order valence-corrected chi connectivity index (χ4v) is 4.01. The number of likely N-dealkylation sites (N-methyl/N-ethyl adjacent to an activating group) is 1. The second kappa shape index (κ2) is 8.08. The molecule has 4 aromatic rings. The normalized spacial score (nSPS) is 14.8. The second-order valence-corrected chi connectivity index (χ2v) is 8.19. The van der Waals surface area contributed by atoms with Gasteiger partial charge in [0.05, 0.1) is 22.3 Å². The Balaban J connectivity index is 1.33. The number of anilines is 2. The van der Waals surface area contributed by atoms with Gasteiger partial charge in [0.2, 0.25) is 0 Å². The van der Waals surface area contributed by atoms with Crippen LogP contribution in [0.2, 0.25) is 0 Å². The third kappa shape index (κ3) is 3.82. The van der Waals surface area contributed by atoms with Gasteiger partial charge in [-0.25, -0.2) is 9.97 Å². The summed E-state index contributed by atoms with van der Waals surface area (Å²) in [6, 6.07) is 13.4. The molecular weight excluding hydrogens is 404 g/mol. The highest BCUT2D eigenvalue weighted by atomic mass is 16.1. The smallest absolute Gasteiger partial charge is 0.258 e. The molecule has 1 aliphatic rings. The molecule has 1 aliphatic heterocycles. The number of aromatic nitrogens is 5. The topological polar surface area (TPSA) is 95.0 Å². The summed E-state index contributed by atoms with van der Waals surface area (Å²) in [7, 11) is 3.95. The second-order valence-electron chi connectivity index (χ2n) is 8.19. The van der Waals surface area contributed by atoms with Crippen molar-refractivity contribution in [3.8, 4) is 11.5 Å². The first-order valence-electron chi connectivity index (χ1n) is 10.7. The van der Waals surface area contributed by atoms with E-state index in [1.165, 1.54) is 0 Å². The van der Waals surface area contributed by atoms with Gasteiger partial charge in [0.25, 0.3) is 5.91 Å². The molecule has 9 nitrogen and oxygen atoms in total. The quantitative estimate of drug-likeness (QED) is 0.517. The van der Waals surface area contributed by atoms with Crippen LogP contribution in [0.5, 0.6) is 0 Å². The summed E-state index contributed by atoms with van der Waals surface area (Å²) < 4.78 is 1.70. The van der Waals surface area contributed by atoms with Crippen molar-refractivity contribution >= 4 is 28.6 Å². The van der Waals surface area contributed by atoms with E-state index in [-0.39, 0.29) is 5.91 Å². The number of aryl methyl sites for hydroxylation is 2. The van der Waals surface area contributed by atoms with E-state index in [2.05, 4.69) is 42.2 Å². The van der Waals surface area contributed by atoms with E-state index in [1.807, 2.05) is 56.4 Å². The molecule has 0 spiro atoms. The molecule has 1 fully saturated rings. The first-order valence-corrected chi connectivity index (χ1v) is 10.7. The molecule has 0 atom stereocenters. The van der Waals surface area contributed by atoms with Gasteiger partial charge in [-0.3, -0.25) is 9.48 Å². The maximum atomic E-state index is 12.9. The number of hydrogen-bond acceptors (Lipinski definition) is 6. The van der Waals surface area contributed by atoms with Crippen LogP contribution in [-0.4, -0.2) is 68.8 Å². The fraction of sp³-hybridized carbons (Fsp3) is 0.304. The first-order chi connectivity index (χ1) is 15.5. The van der Waals surface area contributed by atoms with Gasteiger partial charge in [0.1, 0.15) is 11.5 Å². The molecule has 1 saturated heterocycles. The third-order valence-electron chi connectivity index (χ3n) is 5.90. The summed E-state index contributed by atoms with van der Waals surface area (Å²) in [6.45, 7) is 5.76. The lowest BCUT2D eigenvalue weighted by Crippen LogP contribution is -2.44. The number of para-hydroxylation sites is 2. The Morgan fingerprint density at radius 1 is 1.03 bits per heavy atom. The molecule has 0 unspecified atom stereocenters. The van der Waals surface area contributed by atoms with Crippen molar-refractivity contribution in [2.45, 2.75) is 6.92 Å². The fourth-order valence-electron chi connectivity index (χ4n) is 4.01. The highest BCUT2D eigenvalue weighted by Gasteiger charge is 2.19. The molecular formula is C23H26N8O. The van der Waals surface area contributed by atoms with Crippen LogP contribution in [0.4, 0.5) is 11.6 Å². The van der Waals surface area contributed by atoms with E-state index in [9.17, 15) is 4.79 Å². The summed E-state index contributed by atoms with van der Waals surface area (Å²) in [5.41, 5.74) is 3.87. The average molecular weight is 431 g/mol. The molecule has 1 amide bonds. The van der Waals surface area contributed by atoms with Gasteiger partial charge in [-0.05, 0) is 38.2 Å². The number of imidazole rings is 1. The van der Waals surface area contributed by atoms with Gasteiger partial charge in [-0.2, -0.15) is 5.10 Å². The highest BCUT2D eigenvalue weighted by molar-refractivity contribution is 6.04. The number of rotatable bonds is 4. The predicted octanol–water partition coefficient (Wildman–Crippen LogP) is 2.67. The number of amides is 1. The van der Waals surface area contributed by atoms with Crippen molar-refractivity contribution in [2.75, 3.05) is 43.4 Å². The number of carbonyl (C=O) groups is 1. The van der Waals surface area contributed by atoms with E-state index in [4.69, 9.17) is 0 Å². The number of benzene rings is 1. The molecule has 9 heteroatoms. The van der Waals surface area contributed by atoms with Crippen LogP contribution in [0.25, 0.3) is 22.6 Å². The molecule has 1 aromatic carbocycles. The number of hydrogen-bond donors (Lipinski definition) is 2. The summed E-state index contributed by atoms with van der Waals surface area (Å²) >= 11 is 0. The lowest BCUT2D eigenvalue weighted by molar-refractivity contribution is 0.102. The van der Waals surface area contributed by atoms with Crippen LogP contribution < -0.4 is 10.2 Å². The van der Waals surface area contributed by atoms with E-state index >= 15 is 0 Å². The number of carbonyl (C=O) groups excluding carboxylic acids is 1. The van der Waals surface area contributed by atoms with Gasteiger partial charge in [0, 0.05) is 39.3 Å². The van der Waals surface area contributed by atoms with Gasteiger partial charge >= 0.3 is 0 Å². The van der Waals surface area contributed by atoms with Gasteiger partial charge in [-0.1, -0.05) is 12.1 Å². The molecule has 5 rings (SSSR count). The minimum atomic E-state index is -0.228. The third-order valence-corrected chi connectivity index (χ3v) is 5.90. The highest BCUT2D eigenvalue weighted by Crippen LogP contribution is 2.23. The zero-order valence-corrected chi connectivity index (χ0v) is 18.5. The van der Waals surface area contributed by atoms with E-state index in [1.54, 1.807) is 4.68 Å². The zero-order chi connectivity index (χ0) is 22.2. The number of nitrogens with zero attached hydrogens (tertiary/aromatic N) is 6. The van der Waals surface area contributed by atoms with Crippen LogP contribution in [0.3, 0.4) is 0 Å². The Bertz CT molecular complexity index is 1250. The largest absolute Gasteiger partial charge is 0.354 e. The number of aromatic amines is 1. The number of fused-ring (bicyclic) bond motifs is 1. The lowest BCUT2D eigenvalue weighted by atomic mass is 10.2. The molecule has 3 aromatic heterocycles. The Labute approximate surface area is 186 Å². The van der Waals surface area contributed by atoms with Crippen LogP contribution >= 0.6 is 0 Å². The van der Waals surface area contributed by atoms with Crippen LogP contribution in [0.1, 0.15) is 16.1 Å². The van der Waals surface area contributed by atoms with Crippen molar-refractivity contribution in [1.29, 1.82) is 0 Å². The van der Waals surface area contributed by atoms with E-state index < -0.39 is 0 Å². The molecule has 0 bridgehead atoms. The number of nitrogens with one attached hydrogen (secondary N) is 2. The SMILES string of the molecule is Cc1nc(N2CCN(C)CC2)ccc1C(=O)Nc1cc(-c2nc3ccccc3[nH]2)n(C)n1. The van der Waals surface area contributed by atoms with Crippen molar-refractivity contribution in [2.24, 2.45) is 7.05 Å². The van der Waals surface area contributed by atoms with Crippen molar-refractivity contribution in [3.05, 3.63) is 53.7 Å². The van der Waals surface area contributed by atoms with Gasteiger partial charge in [-0.15, -0.1) is 0 Å². The molecule has 0 saturated carbocycles. The first kappa shape index (κ1) is 20.2. The number of piperazine rings is 1. The zero-order valence-electron chi connectivity index (χ0n) is 18.5.